The summed E-state index contributed by atoms with van der Waals surface area (Å²) in [6, 6.07) is 13.4. The molecule has 0 radical (unpaired) electrons. The number of aromatic carboxylic acids is 1. The van der Waals surface area contributed by atoms with Crippen molar-refractivity contribution in [2.45, 2.75) is 33.1 Å². The molecule has 27 heavy (non-hydrogen) atoms. The molecule has 0 fully saturated rings. The molecule has 5 heteroatoms. The van der Waals surface area contributed by atoms with Crippen LogP contribution in [0.25, 0.3) is 16.9 Å². The van der Waals surface area contributed by atoms with Gasteiger partial charge in [0.15, 0.2) is 0 Å². The predicted molar refractivity (Wildman–Crippen MR) is 107 cm³/mol. The zero-order valence-corrected chi connectivity index (χ0v) is 15.6. The number of nitrogens with one attached hydrogen (secondary N) is 1. The Morgan fingerprint density at radius 2 is 1.78 bits per heavy atom. The highest BCUT2D eigenvalue weighted by molar-refractivity contribution is 5.87. The van der Waals surface area contributed by atoms with E-state index in [-0.39, 0.29) is 5.56 Å². The second-order valence-corrected chi connectivity index (χ2v) is 7.20. The Labute approximate surface area is 158 Å². The van der Waals surface area contributed by atoms with E-state index >= 15 is 0 Å². The number of nitrogens with zero attached hydrogens (tertiary/aromatic N) is 2. The highest BCUT2D eigenvalue weighted by atomic mass is 16.4. The molecule has 0 aliphatic carbocycles. The van der Waals surface area contributed by atoms with Crippen molar-refractivity contribution in [2.24, 2.45) is 0 Å². The third kappa shape index (κ3) is 3.33. The Bertz CT molecular complexity index is 983. The quantitative estimate of drug-likeness (QED) is 0.715. The van der Waals surface area contributed by atoms with Gasteiger partial charge in [0.05, 0.1) is 16.9 Å². The molecule has 2 aromatic carbocycles. The lowest BCUT2D eigenvalue weighted by molar-refractivity contribution is 0.0697. The maximum atomic E-state index is 11.1. The smallest absolute Gasteiger partial charge is 0.335 e. The molecule has 138 valence electrons. The molecule has 1 aliphatic heterocycles. The Hall–Kier alpha value is -3.08. The van der Waals surface area contributed by atoms with Crippen LogP contribution in [-0.2, 0) is 6.42 Å². The second kappa shape index (κ2) is 6.91. The fraction of sp³-hybridized carbons (Fsp3) is 0.273. The van der Waals surface area contributed by atoms with Crippen LogP contribution in [0.3, 0.4) is 0 Å². The summed E-state index contributed by atoms with van der Waals surface area (Å²) in [7, 11) is 0. The van der Waals surface area contributed by atoms with Crippen LogP contribution < -0.4 is 5.32 Å². The lowest BCUT2D eigenvalue weighted by Gasteiger charge is -2.09. The summed E-state index contributed by atoms with van der Waals surface area (Å²) in [6.07, 6.45) is 3.23. The molecule has 5 nitrogen and oxygen atoms in total. The van der Waals surface area contributed by atoms with Crippen molar-refractivity contribution >= 4 is 11.8 Å². The van der Waals surface area contributed by atoms with Gasteiger partial charge in [0, 0.05) is 17.7 Å². The van der Waals surface area contributed by atoms with Crippen LogP contribution in [0.15, 0.2) is 42.5 Å². The summed E-state index contributed by atoms with van der Waals surface area (Å²) in [5.41, 5.74) is 6.96. The minimum Gasteiger partial charge on any atom is -0.478 e. The standard InChI is InChI=1S/C22H23N3O2/c1-14-11-15(2)13-17(12-14)20-19-5-3-4-10-23-21(19)25(24-20)18-8-6-16(7-9-18)22(26)27/h6-9,11-13,23H,3-5,10H2,1-2H3,(H,26,27). The summed E-state index contributed by atoms with van der Waals surface area (Å²) < 4.78 is 1.92. The lowest BCUT2D eigenvalue weighted by atomic mass is 10.00. The topological polar surface area (TPSA) is 67.2 Å². The Morgan fingerprint density at radius 3 is 2.44 bits per heavy atom. The largest absolute Gasteiger partial charge is 0.478 e. The van der Waals surface area contributed by atoms with E-state index in [9.17, 15) is 4.79 Å². The monoisotopic (exact) mass is 361 g/mol. The highest BCUT2D eigenvalue weighted by Crippen LogP contribution is 2.34. The molecule has 2 N–H and O–H groups in total. The van der Waals surface area contributed by atoms with Gasteiger partial charge in [-0.2, -0.15) is 5.10 Å². The first-order valence-corrected chi connectivity index (χ1v) is 9.31. The summed E-state index contributed by atoms with van der Waals surface area (Å²) in [5, 5.41) is 17.6. The minimum atomic E-state index is -0.921. The summed E-state index contributed by atoms with van der Waals surface area (Å²) in [5.74, 6) is 0.0969. The van der Waals surface area contributed by atoms with Crippen molar-refractivity contribution in [3.05, 3.63) is 64.7 Å². The molecule has 1 aliphatic rings. The van der Waals surface area contributed by atoms with E-state index in [0.717, 1.165) is 48.6 Å². The van der Waals surface area contributed by atoms with Crippen LogP contribution in [0.1, 0.15) is 39.9 Å². The lowest BCUT2D eigenvalue weighted by Crippen LogP contribution is -2.07. The number of aromatic nitrogens is 2. The zero-order valence-electron chi connectivity index (χ0n) is 15.6. The summed E-state index contributed by atoms with van der Waals surface area (Å²) in [6.45, 7) is 5.13. The van der Waals surface area contributed by atoms with Crippen molar-refractivity contribution in [3.8, 4) is 16.9 Å². The molecule has 2 heterocycles. The van der Waals surface area contributed by atoms with Crippen LogP contribution in [-0.4, -0.2) is 27.4 Å². The van der Waals surface area contributed by atoms with Gasteiger partial charge in [0.25, 0.3) is 0 Å². The van der Waals surface area contributed by atoms with Gasteiger partial charge >= 0.3 is 5.97 Å². The first kappa shape index (κ1) is 17.3. The fourth-order valence-electron chi connectivity index (χ4n) is 3.78. The van der Waals surface area contributed by atoms with E-state index in [2.05, 4.69) is 37.4 Å². The molecule has 0 amide bonds. The number of benzene rings is 2. The Balaban J connectivity index is 1.87. The number of carboxylic acid groups (broad SMARTS) is 1. The maximum Gasteiger partial charge on any atom is 0.335 e. The molecule has 0 bridgehead atoms. The summed E-state index contributed by atoms with van der Waals surface area (Å²) in [4.78, 5) is 11.1. The number of rotatable bonds is 3. The first-order chi connectivity index (χ1) is 13.0. The van der Waals surface area contributed by atoms with Crippen LogP contribution in [0.2, 0.25) is 0 Å². The average molecular weight is 361 g/mol. The molecule has 0 saturated heterocycles. The summed E-state index contributed by atoms with van der Waals surface area (Å²) >= 11 is 0. The van der Waals surface area contributed by atoms with Gasteiger partial charge in [-0.1, -0.05) is 17.2 Å². The molecular formula is C22H23N3O2. The fourth-order valence-corrected chi connectivity index (χ4v) is 3.78. The van der Waals surface area contributed by atoms with Crippen LogP contribution in [0, 0.1) is 13.8 Å². The van der Waals surface area contributed by atoms with E-state index in [1.807, 2.05) is 16.8 Å². The minimum absolute atomic E-state index is 0.277. The highest BCUT2D eigenvalue weighted by Gasteiger charge is 2.22. The number of hydrogen-bond donors (Lipinski definition) is 2. The predicted octanol–water partition coefficient (Wildman–Crippen LogP) is 4.60. The van der Waals surface area contributed by atoms with Gasteiger partial charge in [-0.05, 0) is 69.5 Å². The van der Waals surface area contributed by atoms with Gasteiger partial charge in [0.2, 0.25) is 0 Å². The number of carbonyl (C=O) groups is 1. The van der Waals surface area contributed by atoms with E-state index in [1.54, 1.807) is 12.1 Å². The SMILES string of the molecule is Cc1cc(C)cc(-c2nn(-c3ccc(C(=O)O)cc3)c3c2CCCCN3)c1. The third-order valence-electron chi connectivity index (χ3n) is 4.98. The van der Waals surface area contributed by atoms with Crippen molar-refractivity contribution in [2.75, 3.05) is 11.9 Å². The normalized spacial score (nSPS) is 13.6. The second-order valence-electron chi connectivity index (χ2n) is 7.20. The van der Waals surface area contributed by atoms with Gasteiger partial charge in [-0.15, -0.1) is 0 Å². The number of aryl methyl sites for hydroxylation is 2. The molecule has 0 saturated carbocycles. The molecule has 0 atom stereocenters. The number of carboxylic acids is 1. The van der Waals surface area contributed by atoms with Gasteiger partial charge in [-0.3, -0.25) is 0 Å². The van der Waals surface area contributed by atoms with E-state index in [1.165, 1.54) is 16.7 Å². The van der Waals surface area contributed by atoms with Crippen LogP contribution >= 0.6 is 0 Å². The maximum absolute atomic E-state index is 11.1. The van der Waals surface area contributed by atoms with Crippen LogP contribution in [0.4, 0.5) is 5.82 Å². The van der Waals surface area contributed by atoms with Gasteiger partial charge in [-0.25, -0.2) is 9.48 Å². The molecule has 4 rings (SSSR count). The van der Waals surface area contributed by atoms with Crippen molar-refractivity contribution < 1.29 is 9.90 Å². The number of hydrogen-bond acceptors (Lipinski definition) is 3. The number of anilines is 1. The van der Waals surface area contributed by atoms with E-state index in [4.69, 9.17) is 10.2 Å². The van der Waals surface area contributed by atoms with Gasteiger partial charge < -0.3 is 10.4 Å². The average Bonchev–Trinajstić information content (AvgIpc) is 2.82. The molecule has 0 unspecified atom stereocenters. The van der Waals surface area contributed by atoms with Crippen molar-refractivity contribution in [1.82, 2.24) is 9.78 Å². The van der Waals surface area contributed by atoms with Gasteiger partial charge in [0.1, 0.15) is 5.82 Å². The Kier molecular flexibility index (Phi) is 4.44. The third-order valence-corrected chi connectivity index (χ3v) is 4.98. The van der Waals surface area contributed by atoms with E-state index in [0.29, 0.717) is 0 Å². The molecule has 1 aromatic heterocycles. The number of fused-ring (bicyclic) bond motifs is 1. The first-order valence-electron chi connectivity index (χ1n) is 9.31. The van der Waals surface area contributed by atoms with Crippen molar-refractivity contribution in [3.63, 3.8) is 0 Å². The van der Waals surface area contributed by atoms with E-state index < -0.39 is 5.97 Å². The Morgan fingerprint density at radius 1 is 1.07 bits per heavy atom. The van der Waals surface area contributed by atoms with Crippen LogP contribution in [0.5, 0.6) is 0 Å². The van der Waals surface area contributed by atoms with Crippen molar-refractivity contribution in [1.29, 1.82) is 0 Å². The molecular weight excluding hydrogens is 338 g/mol. The molecule has 3 aromatic rings. The zero-order chi connectivity index (χ0) is 19.0. The molecule has 0 spiro atoms.